The van der Waals surface area contributed by atoms with E-state index in [9.17, 15) is 14.7 Å². The first-order valence-corrected chi connectivity index (χ1v) is 9.25. The van der Waals surface area contributed by atoms with Gasteiger partial charge in [-0.2, -0.15) is 0 Å². The van der Waals surface area contributed by atoms with Gasteiger partial charge in [-0.25, -0.2) is 0 Å². The number of carbonyl (C=O) groups excluding carboxylic acids is 1. The van der Waals surface area contributed by atoms with Crippen molar-refractivity contribution in [1.82, 2.24) is 4.90 Å². The van der Waals surface area contributed by atoms with Gasteiger partial charge in [0.2, 0.25) is 5.91 Å². The summed E-state index contributed by atoms with van der Waals surface area (Å²) in [5.74, 6) is -0.926. The zero-order valence-electron chi connectivity index (χ0n) is 15.7. The van der Waals surface area contributed by atoms with Gasteiger partial charge in [-0.3, -0.25) is 9.59 Å². The molecular weight excluding hydrogens is 342 g/mol. The molecule has 5 nitrogen and oxygen atoms in total. The Morgan fingerprint density at radius 3 is 2.52 bits per heavy atom. The second-order valence-electron chi connectivity index (χ2n) is 7.25. The second kappa shape index (κ2) is 8.25. The third kappa shape index (κ3) is 4.67. The van der Waals surface area contributed by atoms with Gasteiger partial charge in [0.15, 0.2) is 0 Å². The Kier molecular flexibility index (Phi) is 5.79. The topological polar surface area (TPSA) is 66.8 Å². The molecule has 0 spiro atoms. The second-order valence-corrected chi connectivity index (χ2v) is 7.25. The number of ether oxygens (including phenoxy) is 1. The van der Waals surface area contributed by atoms with Gasteiger partial charge in [-0.05, 0) is 37.1 Å². The predicted octanol–water partition coefficient (Wildman–Crippen LogP) is 3.34. The van der Waals surface area contributed by atoms with Crippen molar-refractivity contribution in [3.05, 3.63) is 65.7 Å². The Morgan fingerprint density at radius 1 is 1.11 bits per heavy atom. The molecule has 1 aliphatic rings. The van der Waals surface area contributed by atoms with Gasteiger partial charge in [-0.1, -0.05) is 42.5 Å². The first-order valence-electron chi connectivity index (χ1n) is 9.25. The molecule has 1 saturated heterocycles. The number of nitrogens with zero attached hydrogens (tertiary/aromatic N) is 1. The largest absolute Gasteiger partial charge is 0.491 e. The van der Waals surface area contributed by atoms with Crippen LogP contribution in [-0.4, -0.2) is 41.1 Å². The summed E-state index contributed by atoms with van der Waals surface area (Å²) in [7, 11) is 0. The van der Waals surface area contributed by atoms with Gasteiger partial charge < -0.3 is 14.7 Å². The summed E-state index contributed by atoms with van der Waals surface area (Å²) >= 11 is 0. The molecule has 1 amide bonds. The highest BCUT2D eigenvalue weighted by Gasteiger charge is 2.40. The van der Waals surface area contributed by atoms with Crippen LogP contribution in [0.15, 0.2) is 54.6 Å². The maximum Gasteiger partial charge on any atom is 0.308 e. The summed E-state index contributed by atoms with van der Waals surface area (Å²) in [6, 6.07) is 17.1. The lowest BCUT2D eigenvalue weighted by Gasteiger charge is -2.17. The Morgan fingerprint density at radius 2 is 1.85 bits per heavy atom. The van der Waals surface area contributed by atoms with E-state index in [0.29, 0.717) is 6.54 Å². The molecule has 1 heterocycles. The molecule has 1 aliphatic heterocycles. The van der Waals surface area contributed by atoms with E-state index in [1.165, 1.54) is 0 Å². The monoisotopic (exact) mass is 367 g/mol. The number of benzene rings is 2. The van der Waals surface area contributed by atoms with Crippen LogP contribution >= 0.6 is 0 Å². The van der Waals surface area contributed by atoms with Crippen molar-refractivity contribution in [1.29, 1.82) is 0 Å². The van der Waals surface area contributed by atoms with Crippen molar-refractivity contribution in [2.45, 2.75) is 32.3 Å². The van der Waals surface area contributed by atoms with Crippen molar-refractivity contribution in [3.63, 3.8) is 0 Å². The minimum atomic E-state index is -0.855. The molecule has 0 bridgehead atoms. The number of hydrogen-bond acceptors (Lipinski definition) is 3. The Balaban J connectivity index is 1.71. The Bertz CT molecular complexity index is 803. The number of amides is 1. The Hall–Kier alpha value is -2.82. The van der Waals surface area contributed by atoms with Crippen LogP contribution in [0.4, 0.5) is 0 Å². The molecule has 2 unspecified atom stereocenters. The maximum absolute atomic E-state index is 12.8. The normalized spacial score (nSPS) is 19.3. The highest BCUT2D eigenvalue weighted by Crippen LogP contribution is 2.33. The van der Waals surface area contributed by atoms with Crippen molar-refractivity contribution < 1.29 is 19.4 Å². The predicted molar refractivity (Wildman–Crippen MR) is 103 cm³/mol. The van der Waals surface area contributed by atoms with E-state index < -0.39 is 11.9 Å². The van der Waals surface area contributed by atoms with Crippen LogP contribution in [0.3, 0.4) is 0 Å². The smallest absolute Gasteiger partial charge is 0.308 e. The molecule has 5 heteroatoms. The fourth-order valence-electron chi connectivity index (χ4n) is 3.58. The van der Waals surface area contributed by atoms with Crippen molar-refractivity contribution in [2.24, 2.45) is 5.92 Å². The van der Waals surface area contributed by atoms with Crippen molar-refractivity contribution in [3.8, 4) is 5.75 Å². The van der Waals surface area contributed by atoms with Gasteiger partial charge in [0.05, 0.1) is 18.4 Å². The average Bonchev–Trinajstić information content (AvgIpc) is 3.08. The van der Waals surface area contributed by atoms with Crippen LogP contribution in [0, 0.1) is 5.92 Å². The van der Waals surface area contributed by atoms with Crippen LogP contribution in [0.1, 0.15) is 30.9 Å². The molecule has 0 saturated carbocycles. The molecule has 0 aliphatic carbocycles. The van der Waals surface area contributed by atoms with Crippen LogP contribution < -0.4 is 4.74 Å². The summed E-state index contributed by atoms with van der Waals surface area (Å²) in [6.45, 7) is 4.59. The lowest BCUT2D eigenvalue weighted by atomic mass is 9.89. The molecule has 1 fully saturated rings. The SMILES string of the molecule is CC(C)Oc1cccc(CC(=O)N2CC(C(=O)O)C(c3ccccc3)C2)c1. The fourth-order valence-corrected chi connectivity index (χ4v) is 3.58. The first kappa shape index (κ1) is 19.0. The van der Waals surface area contributed by atoms with E-state index >= 15 is 0 Å². The van der Waals surface area contributed by atoms with Gasteiger partial charge in [0.25, 0.3) is 0 Å². The number of carboxylic acids is 1. The van der Waals surface area contributed by atoms with Gasteiger partial charge in [-0.15, -0.1) is 0 Å². The third-order valence-electron chi connectivity index (χ3n) is 4.84. The number of aliphatic carboxylic acids is 1. The molecular formula is C22H25NO4. The summed E-state index contributed by atoms with van der Waals surface area (Å²) in [6.07, 6.45) is 0.306. The van der Waals surface area contributed by atoms with Crippen LogP contribution in [0.2, 0.25) is 0 Å². The molecule has 2 aromatic carbocycles. The average molecular weight is 367 g/mol. The standard InChI is InChI=1S/C22H25NO4/c1-15(2)27-18-10-6-7-16(11-18)12-21(24)23-13-19(20(14-23)22(25)26)17-8-4-3-5-9-17/h3-11,15,19-20H,12-14H2,1-2H3,(H,25,26). The van der Waals surface area contributed by atoms with E-state index in [4.69, 9.17) is 4.74 Å². The molecule has 142 valence electrons. The zero-order chi connectivity index (χ0) is 19.4. The van der Waals surface area contributed by atoms with Crippen molar-refractivity contribution in [2.75, 3.05) is 13.1 Å². The van der Waals surface area contributed by atoms with Gasteiger partial charge in [0.1, 0.15) is 5.75 Å². The van der Waals surface area contributed by atoms with E-state index in [1.54, 1.807) is 4.90 Å². The van der Waals surface area contributed by atoms with Gasteiger partial charge in [0, 0.05) is 19.0 Å². The minimum absolute atomic E-state index is 0.0543. The van der Waals surface area contributed by atoms with Gasteiger partial charge >= 0.3 is 5.97 Å². The van der Waals surface area contributed by atoms with Crippen LogP contribution in [0.25, 0.3) is 0 Å². The lowest BCUT2D eigenvalue weighted by Crippen LogP contribution is -2.31. The summed E-state index contributed by atoms with van der Waals surface area (Å²) in [4.78, 5) is 26.2. The molecule has 2 aromatic rings. The number of hydrogen-bond donors (Lipinski definition) is 1. The summed E-state index contributed by atoms with van der Waals surface area (Å²) < 4.78 is 5.68. The van der Waals surface area contributed by atoms with E-state index in [1.807, 2.05) is 68.4 Å². The number of carboxylic acid groups (broad SMARTS) is 1. The quantitative estimate of drug-likeness (QED) is 0.850. The third-order valence-corrected chi connectivity index (χ3v) is 4.84. The Labute approximate surface area is 159 Å². The molecule has 0 radical (unpaired) electrons. The maximum atomic E-state index is 12.8. The van der Waals surface area contributed by atoms with Crippen molar-refractivity contribution >= 4 is 11.9 Å². The fraction of sp³-hybridized carbons (Fsp3) is 0.364. The molecule has 0 aromatic heterocycles. The van der Waals surface area contributed by atoms with E-state index in [0.717, 1.165) is 16.9 Å². The van der Waals surface area contributed by atoms with Crippen LogP contribution in [-0.2, 0) is 16.0 Å². The highest BCUT2D eigenvalue weighted by molar-refractivity contribution is 5.81. The molecule has 2 atom stereocenters. The minimum Gasteiger partial charge on any atom is -0.491 e. The highest BCUT2D eigenvalue weighted by atomic mass is 16.5. The molecule has 3 rings (SSSR count). The van der Waals surface area contributed by atoms with E-state index in [2.05, 4.69) is 0 Å². The summed E-state index contributed by atoms with van der Waals surface area (Å²) in [5, 5.41) is 9.60. The number of carbonyl (C=O) groups is 2. The molecule has 27 heavy (non-hydrogen) atoms. The summed E-state index contributed by atoms with van der Waals surface area (Å²) in [5.41, 5.74) is 1.83. The first-order chi connectivity index (χ1) is 12.9. The van der Waals surface area contributed by atoms with Crippen LogP contribution in [0.5, 0.6) is 5.75 Å². The lowest BCUT2D eigenvalue weighted by molar-refractivity contribution is -0.141. The van der Waals surface area contributed by atoms with E-state index in [-0.39, 0.29) is 30.9 Å². The number of likely N-dealkylation sites (tertiary alicyclic amines) is 1. The zero-order valence-corrected chi connectivity index (χ0v) is 15.7. The molecule has 1 N–H and O–H groups in total. The number of rotatable bonds is 6.